The molecule has 0 rings (SSSR count). The molecule has 0 bridgehead atoms. The van der Waals surface area contributed by atoms with Crippen molar-refractivity contribution in [3.05, 3.63) is 0 Å². The summed E-state index contributed by atoms with van der Waals surface area (Å²) in [6.07, 6.45) is -1.27. The third kappa shape index (κ3) is 9.41. The fraction of sp³-hybridized carbons (Fsp3) is 1.00. The van der Waals surface area contributed by atoms with E-state index in [4.69, 9.17) is 0 Å². The van der Waals surface area contributed by atoms with Crippen molar-refractivity contribution in [2.24, 2.45) is 0 Å². The first-order chi connectivity index (χ1) is 7.90. The number of nitrogens with one attached hydrogen (secondary N) is 1. The Morgan fingerprint density at radius 1 is 1.18 bits per heavy atom. The van der Waals surface area contributed by atoms with Gasteiger partial charge in [-0.15, -0.1) is 0 Å². The Morgan fingerprint density at radius 3 is 2.29 bits per heavy atom. The molecule has 104 valence electrons. The normalized spacial score (nSPS) is 14.3. The highest BCUT2D eigenvalue weighted by molar-refractivity contribution is 4.69. The molecule has 2 nitrogen and oxygen atoms in total. The number of hydrogen-bond donors (Lipinski definition) is 1. The van der Waals surface area contributed by atoms with Crippen LogP contribution in [0.5, 0.6) is 0 Å². The van der Waals surface area contributed by atoms with Crippen LogP contribution in [0, 0.1) is 0 Å². The van der Waals surface area contributed by atoms with Gasteiger partial charge in [-0.3, -0.25) is 4.90 Å². The molecular formula is C12H25F3N2. The first-order valence-corrected chi connectivity index (χ1v) is 6.42. The Morgan fingerprint density at radius 2 is 1.82 bits per heavy atom. The summed E-state index contributed by atoms with van der Waals surface area (Å²) in [7, 11) is 0. The van der Waals surface area contributed by atoms with Gasteiger partial charge in [0.15, 0.2) is 0 Å². The van der Waals surface area contributed by atoms with Crippen LogP contribution < -0.4 is 5.32 Å². The molecule has 0 aromatic carbocycles. The van der Waals surface area contributed by atoms with E-state index >= 15 is 0 Å². The van der Waals surface area contributed by atoms with Crippen molar-refractivity contribution in [3.63, 3.8) is 0 Å². The van der Waals surface area contributed by atoms with E-state index in [9.17, 15) is 13.2 Å². The Hall–Kier alpha value is -0.290. The molecule has 1 atom stereocenters. The van der Waals surface area contributed by atoms with Gasteiger partial charge in [0.05, 0.1) is 6.54 Å². The molecule has 0 aliphatic carbocycles. The summed E-state index contributed by atoms with van der Waals surface area (Å²) in [6, 6.07) is -0.00921. The second kappa shape index (κ2) is 8.75. The first kappa shape index (κ1) is 16.7. The van der Waals surface area contributed by atoms with Gasteiger partial charge in [0.2, 0.25) is 0 Å². The second-order valence-electron chi connectivity index (χ2n) is 4.42. The minimum atomic E-state index is -4.09. The SMILES string of the molecule is CCCNCCCC(C)N(CC)CC(F)(F)F. The molecule has 17 heavy (non-hydrogen) atoms. The van der Waals surface area contributed by atoms with Gasteiger partial charge in [-0.1, -0.05) is 13.8 Å². The average molecular weight is 254 g/mol. The van der Waals surface area contributed by atoms with E-state index in [2.05, 4.69) is 12.2 Å². The molecule has 0 aromatic rings. The highest BCUT2D eigenvalue weighted by atomic mass is 19.4. The van der Waals surface area contributed by atoms with Crippen molar-refractivity contribution in [2.75, 3.05) is 26.2 Å². The van der Waals surface area contributed by atoms with Crippen LogP contribution >= 0.6 is 0 Å². The highest BCUT2D eigenvalue weighted by Gasteiger charge is 2.31. The zero-order valence-electron chi connectivity index (χ0n) is 11.1. The van der Waals surface area contributed by atoms with Crippen LogP contribution in [0.1, 0.15) is 40.0 Å². The van der Waals surface area contributed by atoms with E-state index in [0.717, 1.165) is 32.4 Å². The quantitative estimate of drug-likeness (QED) is 0.636. The van der Waals surface area contributed by atoms with E-state index in [1.165, 1.54) is 4.90 Å². The van der Waals surface area contributed by atoms with Crippen LogP contribution in [0.3, 0.4) is 0 Å². The number of nitrogens with zero attached hydrogens (tertiary/aromatic N) is 1. The fourth-order valence-electron chi connectivity index (χ4n) is 1.82. The van der Waals surface area contributed by atoms with Crippen molar-refractivity contribution >= 4 is 0 Å². The molecule has 0 spiro atoms. The fourth-order valence-corrected chi connectivity index (χ4v) is 1.82. The van der Waals surface area contributed by atoms with Crippen molar-refractivity contribution in [3.8, 4) is 0 Å². The van der Waals surface area contributed by atoms with E-state index < -0.39 is 12.7 Å². The molecule has 1 N–H and O–H groups in total. The summed E-state index contributed by atoms with van der Waals surface area (Å²) < 4.78 is 36.9. The lowest BCUT2D eigenvalue weighted by Crippen LogP contribution is -2.40. The maximum atomic E-state index is 12.3. The maximum absolute atomic E-state index is 12.3. The van der Waals surface area contributed by atoms with E-state index in [-0.39, 0.29) is 6.04 Å². The minimum absolute atomic E-state index is 0.00921. The summed E-state index contributed by atoms with van der Waals surface area (Å²) in [6.45, 7) is 7.26. The molecule has 0 saturated carbocycles. The van der Waals surface area contributed by atoms with Gasteiger partial charge in [0.1, 0.15) is 0 Å². The van der Waals surface area contributed by atoms with Gasteiger partial charge in [0, 0.05) is 6.04 Å². The molecule has 0 saturated heterocycles. The Balaban J connectivity index is 3.80. The molecule has 0 aliphatic heterocycles. The van der Waals surface area contributed by atoms with Crippen LogP contribution in [-0.2, 0) is 0 Å². The third-order valence-corrected chi connectivity index (χ3v) is 2.81. The lowest BCUT2D eigenvalue weighted by atomic mass is 10.1. The number of halogens is 3. The van der Waals surface area contributed by atoms with Gasteiger partial charge in [-0.2, -0.15) is 13.2 Å². The lowest BCUT2D eigenvalue weighted by molar-refractivity contribution is -0.150. The average Bonchev–Trinajstić information content (AvgIpc) is 2.24. The Bertz CT molecular complexity index is 183. The first-order valence-electron chi connectivity index (χ1n) is 6.42. The molecule has 0 radical (unpaired) electrons. The number of rotatable bonds is 9. The standard InChI is InChI=1S/C12H25F3N2/c1-4-8-16-9-6-7-11(3)17(5-2)10-12(13,14)15/h11,16H,4-10H2,1-3H3. The van der Waals surface area contributed by atoms with Crippen molar-refractivity contribution < 1.29 is 13.2 Å². The van der Waals surface area contributed by atoms with Gasteiger partial charge in [0.25, 0.3) is 0 Å². The van der Waals surface area contributed by atoms with E-state index in [1.807, 2.05) is 6.92 Å². The maximum Gasteiger partial charge on any atom is 0.401 e. The van der Waals surface area contributed by atoms with Crippen molar-refractivity contribution in [1.29, 1.82) is 0 Å². The molecule has 0 heterocycles. The highest BCUT2D eigenvalue weighted by Crippen LogP contribution is 2.19. The molecular weight excluding hydrogens is 229 g/mol. The smallest absolute Gasteiger partial charge is 0.317 e. The monoisotopic (exact) mass is 254 g/mol. The molecule has 5 heteroatoms. The van der Waals surface area contributed by atoms with Gasteiger partial charge < -0.3 is 5.32 Å². The lowest BCUT2D eigenvalue weighted by Gasteiger charge is -2.28. The second-order valence-corrected chi connectivity index (χ2v) is 4.42. The largest absolute Gasteiger partial charge is 0.401 e. The summed E-state index contributed by atoms with van der Waals surface area (Å²) in [5, 5.41) is 3.25. The Kier molecular flexibility index (Phi) is 8.60. The topological polar surface area (TPSA) is 15.3 Å². The predicted molar refractivity (Wildman–Crippen MR) is 65.2 cm³/mol. The van der Waals surface area contributed by atoms with Crippen LogP contribution in [-0.4, -0.2) is 43.3 Å². The van der Waals surface area contributed by atoms with Crippen LogP contribution in [0.2, 0.25) is 0 Å². The zero-order chi connectivity index (χ0) is 13.3. The van der Waals surface area contributed by atoms with E-state index in [0.29, 0.717) is 6.54 Å². The molecule has 0 aromatic heterocycles. The molecule has 0 aliphatic rings. The van der Waals surface area contributed by atoms with Crippen molar-refractivity contribution in [1.82, 2.24) is 10.2 Å². The number of hydrogen-bond acceptors (Lipinski definition) is 2. The summed E-state index contributed by atoms with van der Waals surface area (Å²) in [5.41, 5.74) is 0. The summed E-state index contributed by atoms with van der Waals surface area (Å²) >= 11 is 0. The van der Waals surface area contributed by atoms with Crippen LogP contribution in [0.4, 0.5) is 13.2 Å². The third-order valence-electron chi connectivity index (χ3n) is 2.81. The van der Waals surface area contributed by atoms with Gasteiger partial charge in [-0.25, -0.2) is 0 Å². The van der Waals surface area contributed by atoms with Crippen molar-refractivity contribution in [2.45, 2.75) is 52.3 Å². The number of alkyl halides is 3. The minimum Gasteiger partial charge on any atom is -0.317 e. The summed E-state index contributed by atoms with van der Waals surface area (Å²) in [4.78, 5) is 1.49. The molecule has 0 amide bonds. The Labute approximate surface area is 103 Å². The predicted octanol–water partition coefficient (Wildman–Crippen LogP) is 3.04. The van der Waals surface area contributed by atoms with Gasteiger partial charge in [-0.05, 0) is 45.8 Å². The summed E-state index contributed by atoms with van der Waals surface area (Å²) in [5.74, 6) is 0. The van der Waals surface area contributed by atoms with Crippen LogP contribution in [0.15, 0.2) is 0 Å². The van der Waals surface area contributed by atoms with Crippen LogP contribution in [0.25, 0.3) is 0 Å². The molecule has 1 unspecified atom stereocenters. The zero-order valence-corrected chi connectivity index (χ0v) is 11.1. The van der Waals surface area contributed by atoms with E-state index in [1.54, 1.807) is 6.92 Å². The van der Waals surface area contributed by atoms with Gasteiger partial charge >= 0.3 is 6.18 Å². The molecule has 0 fully saturated rings.